The third kappa shape index (κ3) is 5.54. The molecule has 8 nitrogen and oxygen atoms in total. The number of nitrogens with zero attached hydrogens (tertiary/aromatic N) is 2. The zero-order valence-corrected chi connectivity index (χ0v) is 22.2. The number of anilines is 2. The number of rotatable bonds is 8. The third-order valence-corrected chi connectivity index (χ3v) is 6.75. The second-order valence-electron chi connectivity index (χ2n) is 8.64. The smallest absolute Gasteiger partial charge is 0.263 e. The van der Waals surface area contributed by atoms with Crippen molar-refractivity contribution >= 4 is 40.0 Å². The molecule has 0 bridgehead atoms. The molecule has 0 radical (unpaired) electrons. The number of halogens is 2. The van der Waals surface area contributed by atoms with E-state index in [-0.39, 0.29) is 22.7 Å². The van der Waals surface area contributed by atoms with Crippen LogP contribution < -0.4 is 20.7 Å². The van der Waals surface area contributed by atoms with Gasteiger partial charge in [0.15, 0.2) is 17.3 Å². The van der Waals surface area contributed by atoms with Crippen molar-refractivity contribution in [1.82, 2.24) is 14.9 Å². The van der Waals surface area contributed by atoms with Crippen molar-refractivity contribution in [2.75, 3.05) is 17.7 Å². The van der Waals surface area contributed by atoms with Gasteiger partial charge in [0, 0.05) is 48.0 Å². The molecule has 0 saturated carbocycles. The van der Waals surface area contributed by atoms with Crippen LogP contribution in [0.25, 0.3) is 16.6 Å². The Labute approximate surface area is 231 Å². The lowest BCUT2D eigenvalue weighted by atomic mass is 10.1. The number of benzene rings is 2. The number of allylic oxidation sites excluding steroid dienone is 1. The molecule has 3 N–H and O–H groups in total. The molecule has 0 aliphatic rings. The fraction of sp³-hybridized carbons (Fsp3) is 0.0690. The van der Waals surface area contributed by atoms with Crippen LogP contribution in [-0.4, -0.2) is 28.5 Å². The van der Waals surface area contributed by atoms with E-state index in [1.807, 2.05) is 22.9 Å². The summed E-state index contributed by atoms with van der Waals surface area (Å²) in [7, 11) is 1.56. The first kappa shape index (κ1) is 26.6. The summed E-state index contributed by atoms with van der Waals surface area (Å²) >= 11 is 1.56. The average molecular weight is 560 g/mol. The van der Waals surface area contributed by atoms with Crippen molar-refractivity contribution in [3.05, 3.63) is 107 Å². The van der Waals surface area contributed by atoms with Gasteiger partial charge in [-0.3, -0.25) is 9.59 Å². The standard InChI is InChI=1S/C29H23F2N5O3S/c1-17(32-2)26(28(37)34-20-5-3-19(30)4-6-20)29(38)35-21-7-8-24(23(31)15-21)39-25-9-12-33-36-13-10-22(27(25)36)18-11-14-40-16-18/h3-16,32H,1-2H3,(H,34,37)(H,35,38)/b26-17+. The van der Waals surface area contributed by atoms with Crippen LogP contribution in [0.15, 0.2) is 95.1 Å². The lowest BCUT2D eigenvalue weighted by Gasteiger charge is -2.14. The summed E-state index contributed by atoms with van der Waals surface area (Å²) in [5.41, 5.74) is 3.06. The van der Waals surface area contributed by atoms with Crippen molar-refractivity contribution in [3.8, 4) is 22.6 Å². The Hall–Kier alpha value is -5.03. The van der Waals surface area contributed by atoms with Gasteiger partial charge in [-0.25, -0.2) is 13.3 Å². The number of carbonyl (C=O) groups excluding carboxylic acids is 2. The van der Waals surface area contributed by atoms with E-state index in [9.17, 15) is 14.0 Å². The number of carbonyl (C=O) groups is 2. The van der Waals surface area contributed by atoms with E-state index >= 15 is 4.39 Å². The molecule has 0 aliphatic carbocycles. The Bertz CT molecular complexity index is 1730. The van der Waals surface area contributed by atoms with Crippen LogP contribution in [0.1, 0.15) is 6.92 Å². The summed E-state index contributed by atoms with van der Waals surface area (Å²) in [4.78, 5) is 25.9. The molecule has 2 aromatic carbocycles. The first-order valence-corrected chi connectivity index (χ1v) is 13.0. The SMILES string of the molecule is CN/C(C)=C(\C(=O)Nc1ccc(F)cc1)C(=O)Nc1ccc(Oc2ccnn3ccc(-c4ccsc4)c23)c(F)c1. The number of thiophene rings is 1. The molecular formula is C29H23F2N5O3S. The van der Waals surface area contributed by atoms with E-state index in [1.165, 1.54) is 36.4 Å². The van der Waals surface area contributed by atoms with Crippen molar-refractivity contribution in [1.29, 1.82) is 0 Å². The summed E-state index contributed by atoms with van der Waals surface area (Å²) in [5, 5.41) is 16.2. The van der Waals surface area contributed by atoms with E-state index in [1.54, 1.807) is 48.3 Å². The molecule has 0 aliphatic heterocycles. The van der Waals surface area contributed by atoms with Crippen molar-refractivity contribution < 1.29 is 23.1 Å². The van der Waals surface area contributed by atoms with Gasteiger partial charge in [0.25, 0.3) is 11.8 Å². The number of nitrogens with one attached hydrogen (secondary N) is 3. The average Bonchev–Trinajstić information content (AvgIpc) is 3.62. The van der Waals surface area contributed by atoms with Crippen LogP contribution in [0.5, 0.6) is 11.5 Å². The maximum absolute atomic E-state index is 15.2. The first-order valence-electron chi connectivity index (χ1n) is 12.1. The van der Waals surface area contributed by atoms with Crippen molar-refractivity contribution in [2.24, 2.45) is 0 Å². The zero-order chi connectivity index (χ0) is 28.2. The van der Waals surface area contributed by atoms with Gasteiger partial charge >= 0.3 is 0 Å². The Morgan fingerprint density at radius 3 is 2.33 bits per heavy atom. The Kier molecular flexibility index (Phi) is 7.56. The fourth-order valence-electron chi connectivity index (χ4n) is 4.02. The largest absolute Gasteiger partial charge is 0.452 e. The summed E-state index contributed by atoms with van der Waals surface area (Å²) < 4.78 is 36.0. The van der Waals surface area contributed by atoms with E-state index in [2.05, 4.69) is 21.0 Å². The molecule has 0 saturated heterocycles. The van der Waals surface area contributed by atoms with Gasteiger partial charge in [0.1, 0.15) is 16.9 Å². The number of amides is 2. The number of hydrogen-bond donors (Lipinski definition) is 3. The second-order valence-corrected chi connectivity index (χ2v) is 9.42. The normalized spacial score (nSPS) is 11.6. The highest BCUT2D eigenvalue weighted by Gasteiger charge is 2.22. The third-order valence-electron chi connectivity index (χ3n) is 6.07. The second kappa shape index (κ2) is 11.4. The molecule has 202 valence electrons. The molecular weight excluding hydrogens is 536 g/mol. The van der Waals surface area contributed by atoms with Gasteiger partial charge in [-0.05, 0) is 71.8 Å². The van der Waals surface area contributed by atoms with Gasteiger partial charge in [0.05, 0.1) is 6.20 Å². The molecule has 3 aromatic heterocycles. The molecule has 2 amide bonds. The highest BCUT2D eigenvalue weighted by atomic mass is 32.1. The fourth-order valence-corrected chi connectivity index (χ4v) is 4.67. The van der Waals surface area contributed by atoms with Crippen LogP contribution in [0.4, 0.5) is 20.2 Å². The predicted octanol–water partition coefficient (Wildman–Crippen LogP) is 6.20. The number of aromatic nitrogens is 2. The minimum Gasteiger partial charge on any atom is -0.452 e. The molecule has 0 atom stereocenters. The van der Waals surface area contributed by atoms with Crippen LogP contribution in [-0.2, 0) is 9.59 Å². The molecule has 11 heteroatoms. The Balaban J connectivity index is 1.36. The Morgan fingerprint density at radius 2 is 1.65 bits per heavy atom. The zero-order valence-electron chi connectivity index (χ0n) is 21.4. The van der Waals surface area contributed by atoms with Gasteiger partial charge in [-0.2, -0.15) is 16.4 Å². The molecule has 0 unspecified atom stereocenters. The van der Waals surface area contributed by atoms with Gasteiger partial charge < -0.3 is 20.7 Å². The maximum Gasteiger partial charge on any atom is 0.263 e. The summed E-state index contributed by atoms with van der Waals surface area (Å²) in [6.07, 6.45) is 3.36. The monoisotopic (exact) mass is 559 g/mol. The summed E-state index contributed by atoms with van der Waals surface area (Å²) in [6.45, 7) is 1.55. The van der Waals surface area contributed by atoms with Crippen molar-refractivity contribution in [3.63, 3.8) is 0 Å². The molecule has 3 heterocycles. The van der Waals surface area contributed by atoms with E-state index in [0.717, 1.165) is 17.2 Å². The van der Waals surface area contributed by atoms with Crippen LogP contribution >= 0.6 is 11.3 Å². The van der Waals surface area contributed by atoms with E-state index < -0.39 is 23.4 Å². The van der Waals surface area contributed by atoms with E-state index in [0.29, 0.717) is 17.0 Å². The van der Waals surface area contributed by atoms with E-state index in [4.69, 9.17) is 4.74 Å². The quantitative estimate of drug-likeness (QED) is 0.119. The van der Waals surface area contributed by atoms with Crippen LogP contribution in [0.2, 0.25) is 0 Å². The predicted molar refractivity (Wildman–Crippen MR) is 150 cm³/mol. The van der Waals surface area contributed by atoms with Crippen LogP contribution in [0.3, 0.4) is 0 Å². The molecule has 0 spiro atoms. The Morgan fingerprint density at radius 1 is 0.925 bits per heavy atom. The maximum atomic E-state index is 15.2. The number of ether oxygens (including phenoxy) is 1. The summed E-state index contributed by atoms with van der Waals surface area (Å²) in [6, 6.07) is 14.6. The summed E-state index contributed by atoms with van der Waals surface area (Å²) in [5.74, 6) is -2.31. The molecule has 5 aromatic rings. The highest BCUT2D eigenvalue weighted by Crippen LogP contribution is 2.36. The number of fused-ring (bicyclic) bond motifs is 1. The molecule has 5 rings (SSSR count). The molecule has 40 heavy (non-hydrogen) atoms. The molecule has 0 fully saturated rings. The topological polar surface area (TPSA) is 96.8 Å². The van der Waals surface area contributed by atoms with Crippen molar-refractivity contribution in [2.45, 2.75) is 6.92 Å². The van der Waals surface area contributed by atoms with Gasteiger partial charge in [-0.1, -0.05) is 0 Å². The lowest BCUT2D eigenvalue weighted by molar-refractivity contribution is -0.118. The highest BCUT2D eigenvalue weighted by molar-refractivity contribution is 7.08. The lowest BCUT2D eigenvalue weighted by Crippen LogP contribution is -2.29. The van der Waals surface area contributed by atoms with Crippen LogP contribution in [0, 0.1) is 11.6 Å². The minimum absolute atomic E-state index is 0.0557. The van der Waals surface area contributed by atoms with Gasteiger partial charge in [-0.15, -0.1) is 0 Å². The number of hydrogen-bond acceptors (Lipinski definition) is 6. The van der Waals surface area contributed by atoms with Gasteiger partial charge in [0.2, 0.25) is 0 Å². The first-order chi connectivity index (χ1) is 19.3. The minimum atomic E-state index is -0.760.